The van der Waals surface area contributed by atoms with E-state index in [-0.39, 0.29) is 16.5 Å². The van der Waals surface area contributed by atoms with Gasteiger partial charge in [0, 0.05) is 20.8 Å². The van der Waals surface area contributed by atoms with E-state index in [0.29, 0.717) is 26.2 Å². The second-order valence-electron chi connectivity index (χ2n) is 8.35. The number of aliphatic hydroxyl groups excluding tert-OH is 1. The van der Waals surface area contributed by atoms with E-state index in [4.69, 9.17) is 11.6 Å². The molecular weight excluding hydrogens is 594 g/mol. The van der Waals surface area contributed by atoms with Gasteiger partial charge in [-0.15, -0.1) is 10.2 Å². The fraction of sp³-hybridized carbons (Fsp3) is 0.111. The maximum absolute atomic E-state index is 13.3. The topological polar surface area (TPSA) is 83.4 Å². The largest absolute Gasteiger partial charge is 0.507 e. The van der Waals surface area contributed by atoms with Crippen LogP contribution in [0, 0.1) is 6.92 Å². The molecule has 10 heteroatoms. The molecule has 0 spiro atoms. The number of hydrogen-bond donors (Lipinski definition) is 1. The second kappa shape index (κ2) is 10.8. The zero-order valence-electron chi connectivity index (χ0n) is 19.4. The van der Waals surface area contributed by atoms with Crippen LogP contribution in [0.2, 0.25) is 5.02 Å². The first-order chi connectivity index (χ1) is 17.8. The summed E-state index contributed by atoms with van der Waals surface area (Å²) >= 11 is 12.2. The van der Waals surface area contributed by atoms with Crippen molar-refractivity contribution < 1.29 is 14.7 Å². The van der Waals surface area contributed by atoms with E-state index < -0.39 is 17.7 Å². The molecule has 1 fully saturated rings. The monoisotopic (exact) mass is 611 g/mol. The van der Waals surface area contributed by atoms with Gasteiger partial charge >= 0.3 is 5.91 Å². The molecule has 6 nitrogen and oxygen atoms in total. The predicted octanol–water partition coefficient (Wildman–Crippen LogP) is 7.18. The molecule has 0 saturated carbocycles. The molecule has 0 radical (unpaired) electrons. The first-order valence-electron chi connectivity index (χ1n) is 11.2. The minimum absolute atomic E-state index is 0.0151. The third-order valence-electron chi connectivity index (χ3n) is 5.83. The maximum atomic E-state index is 13.3. The van der Waals surface area contributed by atoms with Gasteiger partial charge in [0.1, 0.15) is 5.76 Å². The summed E-state index contributed by atoms with van der Waals surface area (Å²) < 4.78 is 1.49. The number of aromatic nitrogens is 2. The van der Waals surface area contributed by atoms with Crippen LogP contribution in [0.25, 0.3) is 5.76 Å². The number of hydrogen-bond acceptors (Lipinski definition) is 7. The molecule has 1 unspecified atom stereocenters. The molecule has 1 amide bonds. The molecular formula is C27H19BrClN3O3S2. The van der Waals surface area contributed by atoms with E-state index in [2.05, 4.69) is 50.4 Å². The van der Waals surface area contributed by atoms with Crippen molar-refractivity contribution in [1.82, 2.24) is 10.2 Å². The average Bonchev–Trinajstić information content (AvgIpc) is 3.46. The average molecular weight is 613 g/mol. The van der Waals surface area contributed by atoms with E-state index in [1.807, 2.05) is 6.92 Å². The van der Waals surface area contributed by atoms with Gasteiger partial charge in [-0.2, -0.15) is 0 Å². The summed E-state index contributed by atoms with van der Waals surface area (Å²) in [6, 6.07) is 21.0. The lowest BCUT2D eigenvalue weighted by atomic mass is 9.95. The lowest BCUT2D eigenvalue weighted by Crippen LogP contribution is -2.29. The SMILES string of the molecule is Cc1ccc(CSc2nnc(N3C(=O)C(=O)/C(=C(\O)c4ccc(Br)cc4)C3c3ccc(Cl)cc3)s2)cc1. The van der Waals surface area contributed by atoms with Gasteiger partial charge in [0.05, 0.1) is 11.6 Å². The van der Waals surface area contributed by atoms with Crippen LogP contribution in [0.3, 0.4) is 0 Å². The molecule has 4 aromatic rings. The molecule has 37 heavy (non-hydrogen) atoms. The van der Waals surface area contributed by atoms with Crippen LogP contribution < -0.4 is 4.90 Å². The van der Waals surface area contributed by atoms with Gasteiger partial charge < -0.3 is 5.11 Å². The number of amides is 1. The summed E-state index contributed by atoms with van der Waals surface area (Å²) in [5.41, 5.74) is 3.35. The summed E-state index contributed by atoms with van der Waals surface area (Å²) in [7, 11) is 0. The van der Waals surface area contributed by atoms with Crippen molar-refractivity contribution in [2.24, 2.45) is 0 Å². The third-order valence-corrected chi connectivity index (χ3v) is 8.74. The first kappa shape index (κ1) is 25.7. The maximum Gasteiger partial charge on any atom is 0.301 e. The van der Waals surface area contributed by atoms with Crippen molar-refractivity contribution >= 4 is 73.2 Å². The molecule has 1 aliphatic rings. The molecule has 0 aliphatic carbocycles. The van der Waals surface area contributed by atoms with Crippen LogP contribution in [-0.2, 0) is 15.3 Å². The molecule has 186 valence electrons. The number of rotatable bonds is 6. The normalized spacial score (nSPS) is 16.9. The molecule has 1 aliphatic heterocycles. The van der Waals surface area contributed by atoms with Crippen molar-refractivity contribution in [2.45, 2.75) is 23.1 Å². The Balaban J connectivity index is 1.53. The Bertz CT molecular complexity index is 1500. The smallest absolute Gasteiger partial charge is 0.301 e. The van der Waals surface area contributed by atoms with Crippen molar-refractivity contribution in [3.63, 3.8) is 0 Å². The molecule has 3 aromatic carbocycles. The fourth-order valence-corrected chi connectivity index (χ4v) is 6.15. The first-order valence-corrected chi connectivity index (χ1v) is 14.1. The second-order valence-corrected chi connectivity index (χ2v) is 11.9. The zero-order chi connectivity index (χ0) is 26.1. The third kappa shape index (κ3) is 5.36. The van der Waals surface area contributed by atoms with Gasteiger partial charge in [0.15, 0.2) is 4.34 Å². The van der Waals surface area contributed by atoms with E-state index in [9.17, 15) is 14.7 Å². The summed E-state index contributed by atoms with van der Waals surface area (Å²) in [5, 5.41) is 20.5. The van der Waals surface area contributed by atoms with Crippen LogP contribution in [0.15, 0.2) is 87.2 Å². The number of benzene rings is 3. The number of carbonyl (C=O) groups excluding carboxylic acids is 2. The number of Topliss-reactive ketones (excluding diaryl/α,β-unsaturated/α-hetero) is 1. The van der Waals surface area contributed by atoms with Crippen molar-refractivity contribution in [3.05, 3.63) is 110 Å². The predicted molar refractivity (Wildman–Crippen MR) is 151 cm³/mol. The Morgan fingerprint density at radius 1 is 1.03 bits per heavy atom. The molecule has 1 saturated heterocycles. The van der Waals surface area contributed by atoms with Gasteiger partial charge in [-0.05, 0) is 42.3 Å². The van der Waals surface area contributed by atoms with Crippen LogP contribution in [0.4, 0.5) is 5.13 Å². The number of ketones is 1. The van der Waals surface area contributed by atoms with Crippen molar-refractivity contribution in [3.8, 4) is 0 Å². The molecule has 1 atom stereocenters. The number of halogens is 2. The number of carbonyl (C=O) groups is 2. The van der Waals surface area contributed by atoms with Gasteiger partial charge in [-0.25, -0.2) is 0 Å². The van der Waals surface area contributed by atoms with Crippen LogP contribution in [-0.4, -0.2) is 27.0 Å². The zero-order valence-corrected chi connectivity index (χ0v) is 23.4. The van der Waals surface area contributed by atoms with Gasteiger partial charge in [0.2, 0.25) is 5.13 Å². The Morgan fingerprint density at radius 2 is 1.70 bits per heavy atom. The summed E-state index contributed by atoms with van der Waals surface area (Å²) in [6.45, 7) is 2.04. The van der Waals surface area contributed by atoms with E-state index in [0.717, 1.165) is 10.0 Å². The minimum atomic E-state index is -0.885. The highest BCUT2D eigenvalue weighted by atomic mass is 79.9. The molecule has 0 bridgehead atoms. The van der Waals surface area contributed by atoms with Crippen LogP contribution in [0.5, 0.6) is 0 Å². The van der Waals surface area contributed by atoms with Crippen LogP contribution in [0.1, 0.15) is 28.3 Å². The van der Waals surface area contributed by atoms with Gasteiger partial charge in [-0.1, -0.05) is 105 Å². The Kier molecular flexibility index (Phi) is 7.48. The fourth-order valence-electron chi connectivity index (χ4n) is 3.94. The highest BCUT2D eigenvalue weighted by Crippen LogP contribution is 2.44. The molecule has 1 aromatic heterocycles. The highest BCUT2D eigenvalue weighted by molar-refractivity contribution is 9.10. The lowest BCUT2D eigenvalue weighted by molar-refractivity contribution is -0.132. The Hall–Kier alpha value is -2.98. The Labute approximate surface area is 235 Å². The van der Waals surface area contributed by atoms with E-state index in [1.54, 1.807) is 48.5 Å². The Morgan fingerprint density at radius 3 is 2.38 bits per heavy atom. The number of anilines is 1. The van der Waals surface area contributed by atoms with Crippen molar-refractivity contribution in [1.29, 1.82) is 0 Å². The number of nitrogens with zero attached hydrogens (tertiary/aromatic N) is 3. The molecule has 5 rings (SSSR count). The lowest BCUT2D eigenvalue weighted by Gasteiger charge is -2.22. The standard InChI is InChI=1S/C27H19BrClN3O3S2/c1-15-2-4-16(5-3-15)14-36-27-31-30-26(37-27)32-22(17-8-12-20(29)13-9-17)21(24(34)25(32)35)23(33)18-6-10-19(28)11-7-18/h2-13,22,33H,14H2,1H3/b23-21-. The summed E-state index contributed by atoms with van der Waals surface area (Å²) in [5.74, 6) is -1.13. The van der Waals surface area contributed by atoms with Gasteiger partial charge in [-0.3, -0.25) is 14.5 Å². The summed E-state index contributed by atoms with van der Waals surface area (Å²) in [6.07, 6.45) is 0. The number of aliphatic hydroxyl groups is 1. The quantitative estimate of drug-likeness (QED) is 0.0817. The van der Waals surface area contributed by atoms with Gasteiger partial charge in [0.25, 0.3) is 5.78 Å². The minimum Gasteiger partial charge on any atom is -0.507 e. The molecule has 1 N–H and O–H groups in total. The summed E-state index contributed by atoms with van der Waals surface area (Å²) in [4.78, 5) is 27.9. The van der Waals surface area contributed by atoms with Crippen LogP contribution >= 0.6 is 50.6 Å². The molecule has 2 heterocycles. The van der Waals surface area contributed by atoms with E-state index >= 15 is 0 Å². The van der Waals surface area contributed by atoms with Crippen molar-refractivity contribution in [2.75, 3.05) is 4.90 Å². The highest BCUT2D eigenvalue weighted by Gasteiger charge is 2.48. The number of aryl methyl sites for hydroxylation is 1. The van der Waals surface area contributed by atoms with E-state index in [1.165, 1.54) is 33.6 Å². The number of thioether (sulfide) groups is 1.